The molecule has 0 nitrogen and oxygen atoms in total. The second-order valence-electron chi connectivity index (χ2n) is 4.73. The van der Waals surface area contributed by atoms with Crippen LogP contribution in [0.2, 0.25) is 0 Å². The van der Waals surface area contributed by atoms with Gasteiger partial charge in [-0.3, -0.25) is 0 Å². The average molecular weight is 252 g/mol. The van der Waals surface area contributed by atoms with Gasteiger partial charge >= 0.3 is 18.9 Å². The molecular formula is C19H17Li. The minimum atomic E-state index is 0. The van der Waals surface area contributed by atoms with Gasteiger partial charge in [0, 0.05) is 0 Å². The Morgan fingerprint density at radius 2 is 1.10 bits per heavy atom. The maximum atomic E-state index is 2.20. The van der Waals surface area contributed by atoms with Crippen molar-refractivity contribution in [1.82, 2.24) is 0 Å². The van der Waals surface area contributed by atoms with Gasteiger partial charge in [-0.25, -0.2) is 0 Å². The monoisotopic (exact) mass is 252 g/mol. The van der Waals surface area contributed by atoms with Gasteiger partial charge in [0.15, 0.2) is 0 Å². The molecule has 0 heterocycles. The van der Waals surface area contributed by atoms with Crippen LogP contribution in [0.25, 0.3) is 22.3 Å². The summed E-state index contributed by atoms with van der Waals surface area (Å²) in [4.78, 5) is 0. The van der Waals surface area contributed by atoms with Crippen LogP contribution in [0.3, 0.4) is 0 Å². The van der Waals surface area contributed by atoms with Gasteiger partial charge in [-0.1, -0.05) is 78.9 Å². The first-order chi connectivity index (χ1) is 9.36. The van der Waals surface area contributed by atoms with Gasteiger partial charge in [-0.05, 0) is 34.7 Å². The Labute approximate surface area is 132 Å². The van der Waals surface area contributed by atoms with E-state index in [0.29, 0.717) is 0 Å². The predicted molar refractivity (Wildman–Crippen MR) is 89.2 cm³/mol. The molecule has 1 heteroatoms. The SMILES string of the molecule is Cc1cccc(-c2ccccc2)c1-c1ccccc1.[LiH]. The normalized spacial score (nSPS) is 9.85. The van der Waals surface area contributed by atoms with E-state index in [2.05, 4.69) is 85.8 Å². The quantitative estimate of drug-likeness (QED) is 0.581. The zero-order chi connectivity index (χ0) is 13.1. The number of rotatable bonds is 2. The molecule has 0 aromatic heterocycles. The van der Waals surface area contributed by atoms with Gasteiger partial charge in [-0.2, -0.15) is 0 Å². The van der Waals surface area contributed by atoms with Gasteiger partial charge in [0.2, 0.25) is 0 Å². The molecule has 3 aromatic carbocycles. The van der Waals surface area contributed by atoms with Crippen molar-refractivity contribution >= 4 is 18.9 Å². The Morgan fingerprint density at radius 3 is 1.70 bits per heavy atom. The molecule has 0 bridgehead atoms. The molecule has 0 aliphatic rings. The number of aryl methyl sites for hydroxylation is 1. The summed E-state index contributed by atoms with van der Waals surface area (Å²) >= 11 is 0. The number of hydrogen-bond acceptors (Lipinski definition) is 0. The first-order valence-corrected chi connectivity index (χ1v) is 6.57. The Morgan fingerprint density at radius 1 is 0.550 bits per heavy atom. The molecule has 3 rings (SSSR count). The average Bonchev–Trinajstić information content (AvgIpc) is 2.49. The van der Waals surface area contributed by atoms with Crippen LogP contribution in [0.15, 0.2) is 78.9 Å². The van der Waals surface area contributed by atoms with Gasteiger partial charge < -0.3 is 0 Å². The van der Waals surface area contributed by atoms with Crippen molar-refractivity contribution in [2.45, 2.75) is 6.92 Å². The van der Waals surface area contributed by atoms with Crippen LogP contribution in [0, 0.1) is 6.92 Å². The molecule has 0 radical (unpaired) electrons. The fraction of sp³-hybridized carbons (Fsp3) is 0.0526. The van der Waals surface area contributed by atoms with E-state index in [0.717, 1.165) is 0 Å². The first-order valence-electron chi connectivity index (χ1n) is 6.57. The van der Waals surface area contributed by atoms with Crippen molar-refractivity contribution in [1.29, 1.82) is 0 Å². The van der Waals surface area contributed by atoms with Crippen molar-refractivity contribution in [3.63, 3.8) is 0 Å². The van der Waals surface area contributed by atoms with Crippen molar-refractivity contribution in [2.24, 2.45) is 0 Å². The van der Waals surface area contributed by atoms with Crippen molar-refractivity contribution in [3.8, 4) is 22.3 Å². The van der Waals surface area contributed by atoms with E-state index >= 15 is 0 Å². The second-order valence-corrected chi connectivity index (χ2v) is 4.73. The fourth-order valence-corrected chi connectivity index (χ4v) is 2.51. The Bertz CT molecular complexity index is 673. The molecule has 20 heavy (non-hydrogen) atoms. The van der Waals surface area contributed by atoms with Crippen LogP contribution in [-0.4, -0.2) is 18.9 Å². The predicted octanol–water partition coefficient (Wildman–Crippen LogP) is 4.68. The zero-order valence-electron chi connectivity index (χ0n) is 11.0. The number of hydrogen-bond donors (Lipinski definition) is 0. The maximum absolute atomic E-state index is 2.20. The van der Waals surface area contributed by atoms with Gasteiger partial charge in [0.05, 0.1) is 0 Å². The Balaban J connectivity index is 0.00000147. The summed E-state index contributed by atoms with van der Waals surface area (Å²) in [5, 5.41) is 0. The third-order valence-electron chi connectivity index (χ3n) is 3.42. The van der Waals surface area contributed by atoms with Crippen LogP contribution >= 0.6 is 0 Å². The van der Waals surface area contributed by atoms with E-state index in [-0.39, 0.29) is 18.9 Å². The Hall–Kier alpha value is -1.74. The summed E-state index contributed by atoms with van der Waals surface area (Å²) in [5.41, 5.74) is 6.48. The van der Waals surface area contributed by atoms with Crippen LogP contribution in [-0.2, 0) is 0 Å². The molecule has 0 amide bonds. The molecule has 94 valence electrons. The standard InChI is InChI=1S/C19H16.Li.H/c1-15-9-8-14-18(16-10-4-2-5-11-16)19(15)17-12-6-3-7-13-17;;/h2-14H,1H3;;. The van der Waals surface area contributed by atoms with E-state index < -0.39 is 0 Å². The van der Waals surface area contributed by atoms with Crippen LogP contribution in [0.4, 0.5) is 0 Å². The van der Waals surface area contributed by atoms with Crippen LogP contribution in [0.1, 0.15) is 5.56 Å². The molecule has 0 spiro atoms. The zero-order valence-corrected chi connectivity index (χ0v) is 11.0. The van der Waals surface area contributed by atoms with Crippen molar-refractivity contribution in [2.75, 3.05) is 0 Å². The fourth-order valence-electron chi connectivity index (χ4n) is 2.51. The summed E-state index contributed by atoms with van der Waals surface area (Å²) in [6, 6.07) is 27.7. The topological polar surface area (TPSA) is 0 Å². The molecule has 0 saturated carbocycles. The summed E-state index contributed by atoms with van der Waals surface area (Å²) in [7, 11) is 0. The summed E-state index contributed by atoms with van der Waals surface area (Å²) in [6.45, 7) is 2.18. The molecule has 0 fully saturated rings. The first kappa shape index (κ1) is 14.7. The van der Waals surface area contributed by atoms with E-state index in [4.69, 9.17) is 0 Å². The molecule has 0 saturated heterocycles. The van der Waals surface area contributed by atoms with E-state index in [9.17, 15) is 0 Å². The van der Waals surface area contributed by atoms with Crippen molar-refractivity contribution < 1.29 is 0 Å². The van der Waals surface area contributed by atoms with E-state index in [1.807, 2.05) is 0 Å². The number of benzene rings is 3. The molecule has 0 unspecified atom stereocenters. The molecule has 0 N–H and O–H groups in total. The van der Waals surface area contributed by atoms with Crippen molar-refractivity contribution in [3.05, 3.63) is 84.4 Å². The van der Waals surface area contributed by atoms with Gasteiger partial charge in [0.25, 0.3) is 0 Å². The molecule has 3 aromatic rings. The summed E-state index contributed by atoms with van der Waals surface area (Å²) < 4.78 is 0. The summed E-state index contributed by atoms with van der Waals surface area (Å²) in [6.07, 6.45) is 0. The van der Waals surface area contributed by atoms with Crippen LogP contribution in [0.5, 0.6) is 0 Å². The molecule has 0 atom stereocenters. The second kappa shape index (κ2) is 6.62. The third kappa shape index (κ3) is 2.88. The van der Waals surface area contributed by atoms with E-state index in [1.54, 1.807) is 0 Å². The van der Waals surface area contributed by atoms with Gasteiger partial charge in [0.1, 0.15) is 0 Å². The molecule has 0 aliphatic carbocycles. The van der Waals surface area contributed by atoms with E-state index in [1.165, 1.54) is 27.8 Å². The molecular weight excluding hydrogens is 235 g/mol. The Kier molecular flexibility index (Phi) is 4.85. The third-order valence-corrected chi connectivity index (χ3v) is 3.42. The summed E-state index contributed by atoms with van der Waals surface area (Å²) in [5.74, 6) is 0. The molecule has 0 aliphatic heterocycles. The van der Waals surface area contributed by atoms with Crippen LogP contribution < -0.4 is 0 Å². The minimum absolute atomic E-state index is 0. The van der Waals surface area contributed by atoms with Gasteiger partial charge in [-0.15, -0.1) is 0 Å².